The summed E-state index contributed by atoms with van der Waals surface area (Å²) in [7, 11) is 0. The fourth-order valence-corrected chi connectivity index (χ4v) is 6.20. The average Bonchev–Trinajstić information content (AvgIpc) is 3.36. The molecule has 0 unspecified atom stereocenters. The normalized spacial score (nSPS) is 23.6. The van der Waals surface area contributed by atoms with Crippen molar-refractivity contribution in [1.82, 2.24) is 14.7 Å². The highest BCUT2D eigenvalue weighted by molar-refractivity contribution is 5.95. The quantitative estimate of drug-likeness (QED) is 0.559. The molecule has 3 aliphatic rings. The summed E-state index contributed by atoms with van der Waals surface area (Å²) in [6.07, 6.45) is 5.60. The number of fused-ring (bicyclic) bond motifs is 2. The van der Waals surface area contributed by atoms with Gasteiger partial charge in [0.2, 0.25) is 0 Å². The molecule has 0 spiro atoms. The number of hydrogen-bond donors (Lipinski definition) is 1. The average molecular weight is 487 g/mol. The van der Waals surface area contributed by atoms with Crippen molar-refractivity contribution in [3.05, 3.63) is 77.6 Å². The zero-order valence-corrected chi connectivity index (χ0v) is 22.3. The van der Waals surface area contributed by atoms with Crippen LogP contribution >= 0.6 is 0 Å². The summed E-state index contributed by atoms with van der Waals surface area (Å²) in [5, 5.41) is 9.83. The zero-order valence-electron chi connectivity index (χ0n) is 22.3. The number of aromatic hydroxyl groups is 1. The van der Waals surface area contributed by atoms with Crippen LogP contribution in [0.2, 0.25) is 0 Å². The molecule has 0 aliphatic carbocycles. The molecule has 0 saturated carbocycles. The molecule has 0 amide bonds. The Bertz CT molecular complexity index is 1080. The zero-order chi connectivity index (χ0) is 25.2. The fourth-order valence-electron chi connectivity index (χ4n) is 6.20. The van der Waals surface area contributed by atoms with E-state index in [9.17, 15) is 5.11 Å². The van der Waals surface area contributed by atoms with E-state index < -0.39 is 0 Å². The Kier molecular flexibility index (Phi) is 7.27. The molecule has 0 aromatic heterocycles. The molecule has 0 radical (unpaired) electrons. The first-order valence-electron chi connectivity index (χ1n) is 13.8. The van der Waals surface area contributed by atoms with Gasteiger partial charge in [-0.15, -0.1) is 0 Å². The third-order valence-corrected chi connectivity index (χ3v) is 8.08. The molecule has 1 saturated heterocycles. The van der Waals surface area contributed by atoms with Crippen LogP contribution in [0.3, 0.4) is 0 Å². The molecule has 1 fully saturated rings. The van der Waals surface area contributed by atoms with Gasteiger partial charge in [-0.3, -0.25) is 4.99 Å². The highest BCUT2D eigenvalue weighted by Crippen LogP contribution is 2.35. The van der Waals surface area contributed by atoms with Gasteiger partial charge in [0.1, 0.15) is 17.4 Å². The lowest BCUT2D eigenvalue weighted by molar-refractivity contribution is 0.192. The number of rotatable bonds is 8. The summed E-state index contributed by atoms with van der Waals surface area (Å²) >= 11 is 0. The summed E-state index contributed by atoms with van der Waals surface area (Å²) < 4.78 is 0. The monoisotopic (exact) mass is 486 g/mol. The van der Waals surface area contributed by atoms with Crippen LogP contribution in [0, 0.1) is 11.8 Å². The minimum absolute atomic E-state index is 0.333. The lowest BCUT2D eigenvalue weighted by Crippen LogP contribution is -2.47. The van der Waals surface area contributed by atoms with E-state index in [0.717, 1.165) is 44.9 Å². The minimum atomic E-state index is 0.333. The van der Waals surface area contributed by atoms with Crippen LogP contribution < -0.4 is 0 Å². The van der Waals surface area contributed by atoms with E-state index in [1.54, 1.807) is 0 Å². The van der Waals surface area contributed by atoms with E-state index in [0.29, 0.717) is 35.7 Å². The SMILES string of the molecule is CC(C)C[C@@H]1CN2C(=CC3=NC[C@@H](C(C)C)N3C[C@H]2Cc2ccc(O)cc2)N1CCc1ccccc1. The standard InChI is InChI=1S/C31H42N4O/c1-22(2)16-26-20-34-27(17-25-10-12-28(36)13-11-25)21-35-29(23(3)4)19-32-30(35)18-31(34)33(26)15-14-24-8-6-5-7-9-24/h5-13,18,22-23,26-27,29,36H,14-17,19-21H2,1-4H3/t26-,27-,29+/m1/s1. The Morgan fingerprint density at radius 1 is 0.889 bits per heavy atom. The second-order valence-corrected chi connectivity index (χ2v) is 11.6. The number of nitrogens with zero attached hydrogens (tertiary/aromatic N) is 4. The van der Waals surface area contributed by atoms with E-state index in [1.165, 1.54) is 23.4 Å². The van der Waals surface area contributed by atoms with Crippen LogP contribution in [0.1, 0.15) is 45.2 Å². The van der Waals surface area contributed by atoms with Crippen LogP contribution in [0.25, 0.3) is 0 Å². The van der Waals surface area contributed by atoms with Gasteiger partial charge in [-0.1, -0.05) is 70.2 Å². The lowest BCUT2D eigenvalue weighted by atomic mass is 9.99. The molecule has 3 heterocycles. The van der Waals surface area contributed by atoms with Crippen LogP contribution in [0.4, 0.5) is 0 Å². The van der Waals surface area contributed by atoms with E-state index >= 15 is 0 Å². The molecule has 1 N–H and O–H groups in total. The maximum Gasteiger partial charge on any atom is 0.127 e. The lowest BCUT2D eigenvalue weighted by Gasteiger charge is -2.35. The largest absolute Gasteiger partial charge is 0.508 e. The smallest absolute Gasteiger partial charge is 0.127 e. The number of amidine groups is 1. The third-order valence-electron chi connectivity index (χ3n) is 8.08. The van der Waals surface area contributed by atoms with Gasteiger partial charge in [-0.05, 0) is 54.4 Å². The molecule has 3 atom stereocenters. The third kappa shape index (κ3) is 5.25. The number of hydrogen-bond acceptors (Lipinski definition) is 5. The van der Waals surface area contributed by atoms with Gasteiger partial charge >= 0.3 is 0 Å². The second-order valence-electron chi connectivity index (χ2n) is 11.6. The first kappa shape index (κ1) is 24.7. The second kappa shape index (κ2) is 10.6. The first-order valence-corrected chi connectivity index (χ1v) is 13.8. The predicted octanol–water partition coefficient (Wildman–Crippen LogP) is 5.17. The Morgan fingerprint density at radius 3 is 2.31 bits per heavy atom. The van der Waals surface area contributed by atoms with Gasteiger partial charge in [-0.2, -0.15) is 0 Å². The Morgan fingerprint density at radius 2 is 1.61 bits per heavy atom. The molecule has 192 valence electrons. The predicted molar refractivity (Wildman–Crippen MR) is 148 cm³/mol. The van der Waals surface area contributed by atoms with Gasteiger partial charge in [0, 0.05) is 31.8 Å². The van der Waals surface area contributed by atoms with Crippen LogP contribution in [-0.4, -0.2) is 69.9 Å². The van der Waals surface area contributed by atoms with Gasteiger partial charge in [-0.25, -0.2) is 0 Å². The van der Waals surface area contributed by atoms with Crippen molar-refractivity contribution in [2.45, 2.75) is 65.1 Å². The summed E-state index contributed by atoms with van der Waals surface area (Å²) in [5.74, 6) is 4.07. The molecule has 5 nitrogen and oxygen atoms in total. The van der Waals surface area contributed by atoms with Crippen LogP contribution in [-0.2, 0) is 12.8 Å². The summed E-state index contributed by atoms with van der Waals surface area (Å²) in [6, 6.07) is 20.0. The molecule has 2 aromatic carbocycles. The minimum Gasteiger partial charge on any atom is -0.508 e. The number of benzene rings is 2. The Balaban J connectivity index is 1.48. The van der Waals surface area contributed by atoms with Crippen LogP contribution in [0.15, 0.2) is 71.5 Å². The summed E-state index contributed by atoms with van der Waals surface area (Å²) in [6.45, 7) is 13.3. The number of phenolic OH excluding ortho intramolecular Hbond substituents is 1. The molecule has 3 aliphatic heterocycles. The molecule has 36 heavy (non-hydrogen) atoms. The van der Waals surface area contributed by atoms with Gasteiger partial charge in [0.15, 0.2) is 0 Å². The van der Waals surface area contributed by atoms with Crippen molar-refractivity contribution in [2.24, 2.45) is 16.8 Å². The van der Waals surface area contributed by atoms with Crippen molar-refractivity contribution < 1.29 is 5.11 Å². The van der Waals surface area contributed by atoms with Crippen molar-refractivity contribution >= 4 is 5.84 Å². The Hall–Kier alpha value is -2.95. The van der Waals surface area contributed by atoms with Crippen molar-refractivity contribution in [2.75, 3.05) is 26.2 Å². The summed E-state index contributed by atoms with van der Waals surface area (Å²) in [4.78, 5) is 13.0. The highest BCUT2D eigenvalue weighted by atomic mass is 16.3. The van der Waals surface area contributed by atoms with E-state index in [1.807, 2.05) is 12.1 Å². The molecule has 0 bridgehead atoms. The van der Waals surface area contributed by atoms with Crippen molar-refractivity contribution in [3.8, 4) is 5.75 Å². The van der Waals surface area contributed by atoms with E-state index in [4.69, 9.17) is 4.99 Å². The topological polar surface area (TPSA) is 42.3 Å². The van der Waals surface area contributed by atoms with Gasteiger partial charge in [0.05, 0.1) is 18.6 Å². The number of phenols is 1. The van der Waals surface area contributed by atoms with E-state index in [2.05, 4.69) is 90.9 Å². The van der Waals surface area contributed by atoms with Crippen molar-refractivity contribution in [1.29, 1.82) is 0 Å². The maximum atomic E-state index is 9.83. The summed E-state index contributed by atoms with van der Waals surface area (Å²) in [5.41, 5.74) is 2.68. The van der Waals surface area contributed by atoms with Crippen molar-refractivity contribution in [3.63, 3.8) is 0 Å². The molecule has 2 aromatic rings. The molecule has 5 rings (SSSR count). The fraction of sp³-hybridized carbons (Fsp3) is 0.516. The van der Waals surface area contributed by atoms with Gasteiger partial charge in [0.25, 0.3) is 0 Å². The number of aliphatic imine (C=N–C) groups is 1. The maximum absolute atomic E-state index is 9.83. The highest BCUT2D eigenvalue weighted by Gasteiger charge is 2.43. The van der Waals surface area contributed by atoms with E-state index in [-0.39, 0.29) is 0 Å². The Labute approximate surface area is 217 Å². The first-order chi connectivity index (χ1) is 17.4. The molecule has 5 heteroatoms. The van der Waals surface area contributed by atoms with Gasteiger partial charge < -0.3 is 19.8 Å². The molecular formula is C31H42N4O. The molecular weight excluding hydrogens is 444 g/mol. The van der Waals surface area contributed by atoms with Crippen LogP contribution in [0.5, 0.6) is 5.75 Å².